The lowest BCUT2D eigenvalue weighted by Gasteiger charge is -2.24. The van der Waals surface area contributed by atoms with Gasteiger partial charge in [0.05, 0.1) is 13.7 Å². The largest absolute Gasteiger partial charge is 0.496 e. The minimum Gasteiger partial charge on any atom is -0.496 e. The van der Waals surface area contributed by atoms with E-state index in [9.17, 15) is 0 Å². The van der Waals surface area contributed by atoms with Crippen LogP contribution < -0.4 is 10.1 Å². The van der Waals surface area contributed by atoms with E-state index in [1.54, 1.807) is 7.11 Å². The molecule has 1 aromatic rings. The molecule has 3 nitrogen and oxygen atoms in total. The normalized spacial score (nSPS) is 23.9. The van der Waals surface area contributed by atoms with Gasteiger partial charge in [0.2, 0.25) is 0 Å². The van der Waals surface area contributed by atoms with Crippen LogP contribution in [0.25, 0.3) is 0 Å². The van der Waals surface area contributed by atoms with Crippen molar-refractivity contribution in [2.24, 2.45) is 0 Å². The summed E-state index contributed by atoms with van der Waals surface area (Å²) in [4.78, 5) is 0. The summed E-state index contributed by atoms with van der Waals surface area (Å²) in [7, 11) is 1.67. The van der Waals surface area contributed by atoms with Crippen molar-refractivity contribution in [3.63, 3.8) is 0 Å². The zero-order valence-corrected chi connectivity index (χ0v) is 11.0. The number of ether oxygens (including phenoxy) is 2. The Hall–Kier alpha value is -0.770. The van der Waals surface area contributed by atoms with Crippen LogP contribution in [0.4, 0.5) is 0 Å². The van der Waals surface area contributed by atoms with E-state index in [0.717, 1.165) is 42.5 Å². The lowest BCUT2D eigenvalue weighted by Crippen LogP contribution is -2.42. The average molecular weight is 256 g/mol. The maximum Gasteiger partial charge on any atom is 0.123 e. The first-order valence-corrected chi connectivity index (χ1v) is 6.16. The van der Waals surface area contributed by atoms with Gasteiger partial charge in [-0.05, 0) is 31.5 Å². The van der Waals surface area contributed by atoms with E-state index in [0.29, 0.717) is 0 Å². The molecular formula is C13H18ClNO2. The van der Waals surface area contributed by atoms with E-state index in [1.807, 2.05) is 18.2 Å². The molecular weight excluding hydrogens is 238 g/mol. The van der Waals surface area contributed by atoms with Crippen LogP contribution in [0, 0.1) is 0 Å². The van der Waals surface area contributed by atoms with Gasteiger partial charge in [0.15, 0.2) is 0 Å². The van der Waals surface area contributed by atoms with Gasteiger partial charge in [-0.25, -0.2) is 0 Å². The Labute approximate surface area is 107 Å². The molecule has 2 rings (SSSR count). The van der Waals surface area contributed by atoms with Crippen LogP contribution in [0.2, 0.25) is 5.02 Å². The zero-order chi connectivity index (χ0) is 12.3. The number of rotatable bonds is 4. The molecule has 1 unspecified atom stereocenters. The Kier molecular flexibility index (Phi) is 3.92. The van der Waals surface area contributed by atoms with Crippen molar-refractivity contribution in [3.05, 3.63) is 28.8 Å². The second kappa shape index (κ2) is 5.25. The Morgan fingerprint density at radius 2 is 2.35 bits per heavy atom. The Morgan fingerprint density at radius 1 is 1.53 bits per heavy atom. The quantitative estimate of drug-likeness (QED) is 0.897. The van der Waals surface area contributed by atoms with Crippen LogP contribution in [-0.2, 0) is 11.3 Å². The van der Waals surface area contributed by atoms with Crippen molar-refractivity contribution in [1.29, 1.82) is 0 Å². The summed E-state index contributed by atoms with van der Waals surface area (Å²) in [6.45, 7) is 4.51. The maximum atomic E-state index is 6.00. The topological polar surface area (TPSA) is 30.5 Å². The zero-order valence-electron chi connectivity index (χ0n) is 10.3. The number of hydrogen-bond acceptors (Lipinski definition) is 3. The summed E-state index contributed by atoms with van der Waals surface area (Å²) >= 11 is 6.00. The van der Waals surface area contributed by atoms with Gasteiger partial charge in [0.1, 0.15) is 5.75 Å². The predicted octanol–water partition coefficient (Wildman–Crippen LogP) is 2.62. The standard InChI is InChI=1S/C13H18ClNO2/c1-13(5-6-17-9-13)15-8-10-7-11(14)3-4-12(10)16-2/h3-4,7,15H,5-6,8-9H2,1-2H3. The van der Waals surface area contributed by atoms with Crippen molar-refractivity contribution in [1.82, 2.24) is 5.32 Å². The summed E-state index contributed by atoms with van der Waals surface area (Å²) in [5.74, 6) is 0.865. The minimum absolute atomic E-state index is 0.0628. The molecule has 1 aliphatic heterocycles. The lowest BCUT2D eigenvalue weighted by molar-refractivity contribution is 0.171. The first-order valence-electron chi connectivity index (χ1n) is 5.78. The van der Waals surface area contributed by atoms with E-state index in [2.05, 4.69) is 12.2 Å². The van der Waals surface area contributed by atoms with Crippen LogP contribution in [-0.4, -0.2) is 25.9 Å². The highest BCUT2D eigenvalue weighted by molar-refractivity contribution is 6.30. The van der Waals surface area contributed by atoms with Gasteiger partial charge in [0, 0.05) is 29.3 Å². The van der Waals surface area contributed by atoms with Crippen LogP contribution in [0.15, 0.2) is 18.2 Å². The summed E-state index contributed by atoms with van der Waals surface area (Å²) in [5.41, 5.74) is 1.14. The fourth-order valence-electron chi connectivity index (χ4n) is 2.00. The molecule has 0 aromatic heterocycles. The average Bonchev–Trinajstić information content (AvgIpc) is 2.74. The summed E-state index contributed by atoms with van der Waals surface area (Å²) in [6, 6.07) is 5.67. The number of halogens is 1. The van der Waals surface area contributed by atoms with Crippen molar-refractivity contribution in [2.75, 3.05) is 20.3 Å². The van der Waals surface area contributed by atoms with Crippen molar-refractivity contribution >= 4 is 11.6 Å². The summed E-state index contributed by atoms with van der Waals surface area (Å²) < 4.78 is 10.7. The number of hydrogen-bond donors (Lipinski definition) is 1. The number of nitrogens with one attached hydrogen (secondary N) is 1. The Morgan fingerprint density at radius 3 is 3.00 bits per heavy atom. The molecule has 17 heavy (non-hydrogen) atoms. The predicted molar refractivity (Wildman–Crippen MR) is 68.7 cm³/mol. The second-order valence-corrected chi connectivity index (χ2v) is 5.11. The third-order valence-corrected chi connectivity index (χ3v) is 3.40. The van der Waals surface area contributed by atoms with Gasteiger partial charge < -0.3 is 14.8 Å². The molecule has 94 valence electrons. The minimum atomic E-state index is 0.0628. The SMILES string of the molecule is COc1ccc(Cl)cc1CNC1(C)CCOC1. The summed E-state index contributed by atoms with van der Waals surface area (Å²) in [5, 5.41) is 4.24. The first kappa shape index (κ1) is 12.7. The molecule has 0 radical (unpaired) electrons. The van der Waals surface area contributed by atoms with Crippen LogP contribution in [0.3, 0.4) is 0 Å². The highest BCUT2D eigenvalue weighted by Gasteiger charge is 2.28. The van der Waals surface area contributed by atoms with E-state index in [1.165, 1.54) is 0 Å². The second-order valence-electron chi connectivity index (χ2n) is 4.67. The molecule has 0 amide bonds. The highest BCUT2D eigenvalue weighted by Crippen LogP contribution is 2.24. The molecule has 0 spiro atoms. The fourth-order valence-corrected chi connectivity index (χ4v) is 2.20. The number of benzene rings is 1. The molecule has 0 bridgehead atoms. The molecule has 1 fully saturated rings. The molecule has 1 N–H and O–H groups in total. The smallest absolute Gasteiger partial charge is 0.123 e. The molecule has 1 heterocycles. The molecule has 0 saturated carbocycles. The third kappa shape index (κ3) is 3.12. The number of methoxy groups -OCH3 is 1. The van der Waals surface area contributed by atoms with Gasteiger partial charge in [-0.15, -0.1) is 0 Å². The van der Waals surface area contributed by atoms with Crippen LogP contribution in [0.5, 0.6) is 5.75 Å². The van der Waals surface area contributed by atoms with Gasteiger partial charge in [-0.1, -0.05) is 11.6 Å². The van der Waals surface area contributed by atoms with Gasteiger partial charge in [-0.2, -0.15) is 0 Å². The molecule has 1 aromatic carbocycles. The van der Waals surface area contributed by atoms with Crippen molar-refractivity contribution in [2.45, 2.75) is 25.4 Å². The maximum absolute atomic E-state index is 6.00. The molecule has 0 aliphatic carbocycles. The molecule has 1 atom stereocenters. The monoisotopic (exact) mass is 255 g/mol. The van der Waals surface area contributed by atoms with E-state index >= 15 is 0 Å². The Balaban J connectivity index is 2.05. The van der Waals surface area contributed by atoms with Crippen LogP contribution >= 0.6 is 11.6 Å². The molecule has 1 aliphatic rings. The first-order chi connectivity index (χ1) is 8.13. The third-order valence-electron chi connectivity index (χ3n) is 3.17. The van der Waals surface area contributed by atoms with E-state index < -0.39 is 0 Å². The summed E-state index contributed by atoms with van der Waals surface area (Å²) in [6.07, 6.45) is 1.04. The Bertz CT molecular complexity index is 389. The molecule has 1 saturated heterocycles. The van der Waals surface area contributed by atoms with Gasteiger partial charge in [-0.3, -0.25) is 0 Å². The fraction of sp³-hybridized carbons (Fsp3) is 0.538. The van der Waals surface area contributed by atoms with Gasteiger partial charge >= 0.3 is 0 Å². The van der Waals surface area contributed by atoms with Crippen molar-refractivity contribution < 1.29 is 9.47 Å². The van der Waals surface area contributed by atoms with E-state index in [4.69, 9.17) is 21.1 Å². The lowest BCUT2D eigenvalue weighted by atomic mass is 10.0. The van der Waals surface area contributed by atoms with Gasteiger partial charge in [0.25, 0.3) is 0 Å². The van der Waals surface area contributed by atoms with Crippen LogP contribution in [0.1, 0.15) is 18.9 Å². The highest BCUT2D eigenvalue weighted by atomic mass is 35.5. The van der Waals surface area contributed by atoms with Crippen molar-refractivity contribution in [3.8, 4) is 5.75 Å². The molecule has 4 heteroatoms. The van der Waals surface area contributed by atoms with E-state index in [-0.39, 0.29) is 5.54 Å².